The number of amides is 2. The minimum Gasteiger partial charge on any atom is -0.479 e. The molecule has 3 N–H and O–H groups in total. The molecule has 1 aromatic rings. The van der Waals surface area contributed by atoms with E-state index >= 15 is 0 Å². The van der Waals surface area contributed by atoms with E-state index in [1.807, 2.05) is 17.5 Å². The van der Waals surface area contributed by atoms with Crippen LogP contribution >= 0.6 is 23.1 Å². The van der Waals surface area contributed by atoms with E-state index in [4.69, 9.17) is 9.84 Å². The van der Waals surface area contributed by atoms with E-state index in [9.17, 15) is 24.3 Å². The minimum atomic E-state index is -1.25. The van der Waals surface area contributed by atoms with Gasteiger partial charge in [-0.15, -0.1) is 23.1 Å². The normalized spacial score (nSPS) is 22.9. The number of carboxylic acids is 1. The van der Waals surface area contributed by atoms with Crippen molar-refractivity contribution in [2.75, 3.05) is 13.2 Å². The number of nitrogens with zero attached hydrogens (tertiary/aromatic N) is 1. The molecule has 2 amide bonds. The third kappa shape index (κ3) is 4.80. The van der Waals surface area contributed by atoms with Crippen LogP contribution in [-0.2, 0) is 30.3 Å². The van der Waals surface area contributed by atoms with Crippen LogP contribution in [0.4, 0.5) is 0 Å². The molecule has 9 nitrogen and oxygen atoms in total. The lowest BCUT2D eigenvalue weighted by Crippen LogP contribution is -2.74. The third-order valence-corrected chi connectivity index (χ3v) is 6.57. The van der Waals surface area contributed by atoms with Crippen molar-refractivity contribution in [2.24, 2.45) is 0 Å². The van der Waals surface area contributed by atoms with Crippen LogP contribution in [-0.4, -0.2) is 69.5 Å². The zero-order valence-electron chi connectivity index (χ0n) is 15.3. The predicted molar refractivity (Wildman–Crippen MR) is 105 cm³/mol. The van der Waals surface area contributed by atoms with Crippen molar-refractivity contribution in [3.8, 4) is 0 Å². The highest BCUT2D eigenvalue weighted by molar-refractivity contribution is 8.02. The summed E-state index contributed by atoms with van der Waals surface area (Å²) in [7, 11) is 0. The molecule has 0 saturated carbocycles. The smallest absolute Gasteiger partial charge is 0.330 e. The second kappa shape index (κ2) is 9.42. The Morgan fingerprint density at radius 3 is 2.76 bits per heavy atom. The fourth-order valence-corrected chi connectivity index (χ4v) is 5.00. The van der Waals surface area contributed by atoms with Crippen molar-refractivity contribution in [1.82, 2.24) is 10.2 Å². The van der Waals surface area contributed by atoms with Crippen LogP contribution in [0.1, 0.15) is 17.7 Å². The summed E-state index contributed by atoms with van der Waals surface area (Å²) >= 11 is 2.65. The Labute approximate surface area is 174 Å². The number of esters is 1. The number of aliphatic carboxylic acids is 1. The van der Waals surface area contributed by atoms with Gasteiger partial charge in [0.05, 0.1) is 6.42 Å². The first kappa shape index (κ1) is 21.3. The standard InChI is InChI=1S/C18H20N2O7S2/c21-5-1-4-13(23)27-8-10-9-29-17-14(16(24)20(17)15(10)18(25)26)19-12(22)7-11-3-2-6-28-11/h2-3,6,9,14-15,17,21H,1,4-5,7-8H2,(H,19,22)(H,25,26)/t14?,15?,17-/m0/s1. The summed E-state index contributed by atoms with van der Waals surface area (Å²) in [6, 6.07) is 1.62. The molecule has 29 heavy (non-hydrogen) atoms. The van der Waals surface area contributed by atoms with Gasteiger partial charge in [0.1, 0.15) is 18.0 Å². The predicted octanol–water partition coefficient (Wildman–Crippen LogP) is 0.343. The summed E-state index contributed by atoms with van der Waals surface area (Å²) in [5.41, 5.74) is 0.285. The molecule has 1 aromatic heterocycles. The maximum absolute atomic E-state index is 12.5. The van der Waals surface area contributed by atoms with Gasteiger partial charge in [-0.2, -0.15) is 0 Å². The number of thiophene rings is 1. The van der Waals surface area contributed by atoms with E-state index in [1.165, 1.54) is 28.0 Å². The Bertz CT molecular complexity index is 824. The molecular weight excluding hydrogens is 420 g/mol. The summed E-state index contributed by atoms with van der Waals surface area (Å²) in [6.45, 7) is -0.394. The molecule has 11 heteroatoms. The van der Waals surface area contributed by atoms with Crippen molar-refractivity contribution in [1.29, 1.82) is 0 Å². The molecule has 156 valence electrons. The number of hydrogen-bond acceptors (Lipinski definition) is 8. The zero-order chi connectivity index (χ0) is 21.0. The highest BCUT2D eigenvalue weighted by Gasteiger charge is 2.55. The molecule has 0 aromatic carbocycles. The molecule has 0 radical (unpaired) electrons. The largest absolute Gasteiger partial charge is 0.479 e. The SMILES string of the molecule is O=C(Cc1cccs1)NC1C(=O)N2C(C(=O)O)C(COC(=O)CCCO)=CS[C@@H]12. The second-order valence-electron chi connectivity index (χ2n) is 6.49. The van der Waals surface area contributed by atoms with Gasteiger partial charge < -0.3 is 25.2 Å². The Balaban J connectivity index is 1.62. The number of ether oxygens (including phenoxy) is 1. The third-order valence-electron chi connectivity index (χ3n) is 4.47. The van der Waals surface area contributed by atoms with Crippen LogP contribution < -0.4 is 5.32 Å². The number of β-lactam (4-membered cyclic amide) rings is 1. The number of fused-ring (bicyclic) bond motifs is 1. The Kier molecular flexibility index (Phi) is 6.93. The molecule has 1 fully saturated rings. The molecule has 0 spiro atoms. The minimum absolute atomic E-state index is 0.0261. The quantitative estimate of drug-likeness (QED) is 0.370. The van der Waals surface area contributed by atoms with Crippen molar-refractivity contribution >= 4 is 46.9 Å². The van der Waals surface area contributed by atoms with Gasteiger partial charge in [-0.05, 0) is 23.3 Å². The number of rotatable bonds is 9. The monoisotopic (exact) mass is 440 g/mol. The fourth-order valence-electron chi connectivity index (χ4n) is 3.08. The van der Waals surface area contributed by atoms with E-state index in [2.05, 4.69) is 5.32 Å². The van der Waals surface area contributed by atoms with Crippen LogP contribution in [0.3, 0.4) is 0 Å². The number of carboxylic acid groups (broad SMARTS) is 1. The molecule has 3 heterocycles. The summed E-state index contributed by atoms with van der Waals surface area (Å²) in [5, 5.41) is 23.9. The van der Waals surface area contributed by atoms with E-state index < -0.39 is 35.3 Å². The van der Waals surface area contributed by atoms with E-state index in [-0.39, 0.29) is 44.0 Å². The Morgan fingerprint density at radius 2 is 2.10 bits per heavy atom. The van der Waals surface area contributed by atoms with Crippen molar-refractivity contribution in [3.05, 3.63) is 33.4 Å². The summed E-state index contributed by atoms with van der Waals surface area (Å²) in [6.07, 6.45) is 0.443. The number of hydrogen-bond donors (Lipinski definition) is 3. The molecule has 0 bridgehead atoms. The average Bonchev–Trinajstić information content (AvgIpc) is 3.20. The maximum Gasteiger partial charge on any atom is 0.330 e. The number of aliphatic hydroxyl groups is 1. The Morgan fingerprint density at radius 1 is 1.31 bits per heavy atom. The first-order valence-electron chi connectivity index (χ1n) is 8.90. The first-order valence-corrected chi connectivity index (χ1v) is 10.7. The molecular formula is C18H20N2O7S2. The van der Waals surface area contributed by atoms with Crippen molar-refractivity contribution in [3.63, 3.8) is 0 Å². The van der Waals surface area contributed by atoms with Crippen LogP contribution in [0, 0.1) is 0 Å². The highest BCUT2D eigenvalue weighted by Crippen LogP contribution is 2.40. The van der Waals surface area contributed by atoms with Crippen LogP contribution in [0.5, 0.6) is 0 Å². The van der Waals surface area contributed by atoms with Crippen LogP contribution in [0.15, 0.2) is 28.5 Å². The van der Waals surface area contributed by atoms with Gasteiger partial charge in [-0.3, -0.25) is 14.4 Å². The van der Waals surface area contributed by atoms with Crippen molar-refractivity contribution in [2.45, 2.75) is 36.7 Å². The van der Waals surface area contributed by atoms with Gasteiger partial charge in [0.2, 0.25) is 11.8 Å². The molecule has 2 aliphatic rings. The average molecular weight is 440 g/mol. The summed E-state index contributed by atoms with van der Waals surface area (Å²) in [5.74, 6) is -2.56. The zero-order valence-corrected chi connectivity index (χ0v) is 16.9. The number of carbonyl (C=O) groups excluding carboxylic acids is 3. The van der Waals surface area contributed by atoms with Gasteiger partial charge in [0, 0.05) is 23.5 Å². The fraction of sp³-hybridized carbons (Fsp3) is 0.444. The lowest BCUT2D eigenvalue weighted by molar-refractivity contribution is -0.160. The number of thioether (sulfide) groups is 1. The Hall–Kier alpha value is -2.37. The van der Waals surface area contributed by atoms with Crippen LogP contribution in [0.2, 0.25) is 0 Å². The van der Waals surface area contributed by atoms with Gasteiger partial charge in [0.25, 0.3) is 0 Å². The van der Waals surface area contributed by atoms with Crippen LogP contribution in [0.25, 0.3) is 0 Å². The summed E-state index contributed by atoms with van der Waals surface area (Å²) in [4.78, 5) is 50.2. The van der Waals surface area contributed by atoms with Crippen molar-refractivity contribution < 1.29 is 34.1 Å². The highest BCUT2D eigenvalue weighted by atomic mass is 32.2. The summed E-state index contributed by atoms with van der Waals surface area (Å²) < 4.78 is 5.06. The van der Waals surface area contributed by atoms with Gasteiger partial charge in [0.15, 0.2) is 6.04 Å². The lowest BCUT2D eigenvalue weighted by atomic mass is 9.98. The molecule has 2 unspecified atom stereocenters. The van der Waals surface area contributed by atoms with E-state index in [0.29, 0.717) is 0 Å². The molecule has 0 aliphatic carbocycles. The molecule has 1 saturated heterocycles. The number of nitrogens with one attached hydrogen (secondary N) is 1. The lowest BCUT2D eigenvalue weighted by Gasteiger charge is -2.51. The molecule has 2 aliphatic heterocycles. The maximum atomic E-state index is 12.5. The molecule has 3 rings (SSSR count). The van der Waals surface area contributed by atoms with Gasteiger partial charge in [-0.25, -0.2) is 4.79 Å². The number of carbonyl (C=O) groups is 4. The topological polar surface area (TPSA) is 133 Å². The van der Waals surface area contributed by atoms with E-state index in [0.717, 1.165) is 4.88 Å². The van der Waals surface area contributed by atoms with Gasteiger partial charge >= 0.3 is 11.9 Å². The van der Waals surface area contributed by atoms with E-state index in [1.54, 1.807) is 5.41 Å². The molecule has 3 atom stereocenters. The van der Waals surface area contributed by atoms with Gasteiger partial charge in [-0.1, -0.05) is 6.07 Å². The second-order valence-corrected chi connectivity index (χ2v) is 8.52. The first-order chi connectivity index (χ1) is 13.9. The number of aliphatic hydroxyl groups excluding tert-OH is 1.